The molecule has 2 N–H and O–H groups in total. The molecule has 1 aromatic carbocycles. The van der Waals surface area contributed by atoms with E-state index in [1.165, 1.54) is 62.5 Å². The van der Waals surface area contributed by atoms with E-state index in [2.05, 4.69) is 48.0 Å². The molecule has 1 nitrogen and oxygen atoms in total. The lowest BCUT2D eigenvalue weighted by atomic mass is 9.99. The second-order valence-electron chi connectivity index (χ2n) is 5.90. The van der Waals surface area contributed by atoms with E-state index >= 15 is 0 Å². The lowest BCUT2D eigenvalue weighted by molar-refractivity contribution is 0.535. The maximum Gasteiger partial charge on any atom is 0.0306 e. The highest BCUT2D eigenvalue weighted by Crippen LogP contribution is 2.26. The fourth-order valence-electron chi connectivity index (χ4n) is 2.60. The van der Waals surface area contributed by atoms with Crippen molar-refractivity contribution in [3.8, 4) is 0 Å². The average molecular weight is 340 g/mol. The molecule has 0 aromatic heterocycles. The van der Waals surface area contributed by atoms with E-state index in [4.69, 9.17) is 5.73 Å². The summed E-state index contributed by atoms with van der Waals surface area (Å²) in [4.78, 5) is 0. The van der Waals surface area contributed by atoms with Gasteiger partial charge >= 0.3 is 0 Å². The van der Waals surface area contributed by atoms with Gasteiger partial charge in [-0.3, -0.25) is 0 Å². The zero-order valence-electron chi connectivity index (χ0n) is 13.1. The molecule has 0 saturated carbocycles. The molecule has 2 heteroatoms. The van der Waals surface area contributed by atoms with Crippen LogP contribution >= 0.6 is 15.9 Å². The summed E-state index contributed by atoms with van der Waals surface area (Å²) in [6, 6.07) is 6.61. The predicted molar refractivity (Wildman–Crippen MR) is 93.0 cm³/mol. The fraction of sp³-hybridized carbons (Fsp3) is 0.667. The topological polar surface area (TPSA) is 26.0 Å². The van der Waals surface area contributed by atoms with Crippen LogP contribution in [0.5, 0.6) is 0 Å². The van der Waals surface area contributed by atoms with Crippen molar-refractivity contribution in [3.05, 3.63) is 33.8 Å². The number of benzene rings is 1. The van der Waals surface area contributed by atoms with Crippen LogP contribution in [0.25, 0.3) is 0 Å². The Labute approximate surface area is 133 Å². The lowest BCUT2D eigenvalue weighted by Gasteiger charge is -2.14. The minimum absolute atomic E-state index is 0.171. The third kappa shape index (κ3) is 6.90. The van der Waals surface area contributed by atoms with Crippen molar-refractivity contribution < 1.29 is 0 Å². The van der Waals surface area contributed by atoms with Crippen LogP contribution in [0, 0.1) is 6.92 Å². The van der Waals surface area contributed by atoms with Crippen LogP contribution in [0.1, 0.15) is 81.9 Å². The molecule has 0 aliphatic carbocycles. The zero-order chi connectivity index (χ0) is 14.8. The van der Waals surface area contributed by atoms with Crippen molar-refractivity contribution in [2.75, 3.05) is 0 Å². The summed E-state index contributed by atoms with van der Waals surface area (Å²) in [7, 11) is 0. The molecule has 0 spiro atoms. The van der Waals surface area contributed by atoms with Gasteiger partial charge in [0.25, 0.3) is 0 Å². The maximum absolute atomic E-state index is 6.32. The Balaban J connectivity index is 2.17. The number of aryl methyl sites for hydroxylation is 1. The largest absolute Gasteiger partial charge is 0.324 e. The highest BCUT2D eigenvalue weighted by molar-refractivity contribution is 9.10. The van der Waals surface area contributed by atoms with Crippen molar-refractivity contribution in [1.82, 2.24) is 0 Å². The normalized spacial score (nSPS) is 12.6. The van der Waals surface area contributed by atoms with Crippen LogP contribution in [-0.2, 0) is 0 Å². The van der Waals surface area contributed by atoms with Crippen LogP contribution in [0.2, 0.25) is 0 Å². The van der Waals surface area contributed by atoms with Gasteiger partial charge in [-0.2, -0.15) is 0 Å². The van der Waals surface area contributed by atoms with E-state index in [1.807, 2.05) is 0 Å². The molecule has 1 aromatic rings. The molecule has 114 valence electrons. The van der Waals surface area contributed by atoms with E-state index in [9.17, 15) is 0 Å². The van der Waals surface area contributed by atoms with Gasteiger partial charge in [0.1, 0.15) is 0 Å². The van der Waals surface area contributed by atoms with E-state index in [1.54, 1.807) is 0 Å². The van der Waals surface area contributed by atoms with Crippen molar-refractivity contribution in [3.63, 3.8) is 0 Å². The van der Waals surface area contributed by atoms with Crippen LogP contribution in [0.4, 0.5) is 0 Å². The van der Waals surface area contributed by atoms with E-state index in [-0.39, 0.29) is 6.04 Å². The summed E-state index contributed by atoms with van der Waals surface area (Å²) < 4.78 is 1.15. The van der Waals surface area contributed by atoms with E-state index in [0.29, 0.717) is 0 Å². The summed E-state index contributed by atoms with van der Waals surface area (Å²) in [6.45, 7) is 4.39. The minimum Gasteiger partial charge on any atom is -0.324 e. The molecule has 0 bridgehead atoms. The fourth-order valence-corrected chi connectivity index (χ4v) is 3.14. The summed E-state index contributed by atoms with van der Waals surface area (Å²) >= 11 is 3.61. The summed E-state index contributed by atoms with van der Waals surface area (Å²) in [5.41, 5.74) is 8.86. The first-order chi connectivity index (χ1) is 9.65. The predicted octanol–water partition coefficient (Wildman–Crippen LogP) is 6.29. The Kier molecular flexibility index (Phi) is 9.21. The van der Waals surface area contributed by atoms with Crippen molar-refractivity contribution in [1.29, 1.82) is 0 Å². The van der Waals surface area contributed by atoms with Gasteiger partial charge in [-0.25, -0.2) is 0 Å². The molecular formula is C18H30BrN. The SMILES string of the molecule is CCCCCCCCCCC(N)c1cc(C)ccc1Br. The third-order valence-corrected chi connectivity index (χ3v) is 4.64. The number of halogens is 1. The second kappa shape index (κ2) is 10.4. The molecular weight excluding hydrogens is 310 g/mol. The first-order valence-electron chi connectivity index (χ1n) is 8.16. The first-order valence-corrected chi connectivity index (χ1v) is 8.96. The number of rotatable bonds is 10. The highest BCUT2D eigenvalue weighted by atomic mass is 79.9. The molecule has 0 aliphatic rings. The molecule has 1 atom stereocenters. The van der Waals surface area contributed by atoms with Gasteiger partial charge in [-0.1, -0.05) is 91.9 Å². The number of nitrogens with two attached hydrogens (primary N) is 1. The highest BCUT2D eigenvalue weighted by Gasteiger charge is 2.09. The molecule has 20 heavy (non-hydrogen) atoms. The van der Waals surface area contributed by atoms with Gasteiger partial charge in [0.05, 0.1) is 0 Å². The lowest BCUT2D eigenvalue weighted by Crippen LogP contribution is -2.11. The smallest absolute Gasteiger partial charge is 0.0306 e. The molecule has 0 fully saturated rings. The standard InChI is InChI=1S/C18H30BrN/c1-3-4-5-6-7-8-9-10-11-18(20)16-14-15(2)12-13-17(16)19/h12-14,18H,3-11,20H2,1-2H3. The van der Waals surface area contributed by atoms with Crippen molar-refractivity contribution in [2.45, 2.75) is 77.7 Å². The van der Waals surface area contributed by atoms with Gasteiger partial charge in [0.2, 0.25) is 0 Å². The third-order valence-electron chi connectivity index (χ3n) is 3.92. The average Bonchev–Trinajstić information content (AvgIpc) is 2.44. The molecule has 0 aliphatic heterocycles. The molecule has 1 rings (SSSR count). The first kappa shape index (κ1) is 17.7. The van der Waals surface area contributed by atoms with Crippen molar-refractivity contribution >= 4 is 15.9 Å². The van der Waals surface area contributed by atoms with Crippen LogP contribution in [-0.4, -0.2) is 0 Å². The van der Waals surface area contributed by atoms with Crippen LogP contribution in [0.15, 0.2) is 22.7 Å². The minimum atomic E-state index is 0.171. The van der Waals surface area contributed by atoms with Gasteiger partial charge in [0, 0.05) is 10.5 Å². The maximum atomic E-state index is 6.32. The van der Waals surface area contributed by atoms with Crippen LogP contribution < -0.4 is 5.73 Å². The number of hydrogen-bond acceptors (Lipinski definition) is 1. The molecule has 0 amide bonds. The monoisotopic (exact) mass is 339 g/mol. The summed E-state index contributed by atoms with van der Waals surface area (Å²) in [5.74, 6) is 0. The molecule has 1 unspecified atom stereocenters. The number of unbranched alkanes of at least 4 members (excludes halogenated alkanes) is 7. The Bertz CT molecular complexity index is 376. The molecule has 0 radical (unpaired) electrons. The Morgan fingerprint density at radius 3 is 2.25 bits per heavy atom. The quantitative estimate of drug-likeness (QED) is 0.498. The van der Waals surface area contributed by atoms with E-state index in [0.717, 1.165) is 10.9 Å². The Hall–Kier alpha value is -0.340. The molecule has 0 saturated heterocycles. The molecule has 0 heterocycles. The van der Waals surface area contributed by atoms with E-state index < -0.39 is 0 Å². The Morgan fingerprint density at radius 1 is 1.00 bits per heavy atom. The van der Waals surface area contributed by atoms with Crippen LogP contribution in [0.3, 0.4) is 0 Å². The van der Waals surface area contributed by atoms with Gasteiger partial charge in [-0.15, -0.1) is 0 Å². The Morgan fingerprint density at radius 2 is 1.60 bits per heavy atom. The van der Waals surface area contributed by atoms with Gasteiger partial charge in [0.15, 0.2) is 0 Å². The second-order valence-corrected chi connectivity index (χ2v) is 6.75. The number of hydrogen-bond donors (Lipinski definition) is 1. The van der Waals surface area contributed by atoms with Crippen molar-refractivity contribution in [2.24, 2.45) is 5.73 Å². The zero-order valence-corrected chi connectivity index (χ0v) is 14.7. The van der Waals surface area contributed by atoms with Gasteiger partial charge < -0.3 is 5.73 Å². The summed E-state index contributed by atoms with van der Waals surface area (Å²) in [6.07, 6.45) is 12.0. The van der Waals surface area contributed by atoms with Gasteiger partial charge in [-0.05, 0) is 25.0 Å². The summed E-state index contributed by atoms with van der Waals surface area (Å²) in [5, 5.41) is 0.